The summed E-state index contributed by atoms with van der Waals surface area (Å²) in [6.07, 6.45) is 4.70. The molecule has 1 atom stereocenters. The molecular formula is C24H32N4O3S2. The van der Waals surface area contributed by atoms with Gasteiger partial charge < -0.3 is 9.88 Å². The molecule has 1 aromatic carbocycles. The van der Waals surface area contributed by atoms with Gasteiger partial charge in [0, 0.05) is 37.4 Å². The largest absolute Gasteiger partial charge is 0.349 e. The van der Waals surface area contributed by atoms with Crippen LogP contribution >= 0.6 is 11.3 Å². The number of hydrogen-bond acceptors (Lipinski definition) is 5. The highest BCUT2D eigenvalue weighted by Gasteiger charge is 2.28. The molecule has 1 saturated heterocycles. The van der Waals surface area contributed by atoms with Crippen molar-refractivity contribution in [1.29, 1.82) is 0 Å². The number of nitrogens with zero attached hydrogens (tertiary/aromatic N) is 3. The Bertz CT molecular complexity index is 1200. The van der Waals surface area contributed by atoms with Crippen molar-refractivity contribution in [2.24, 2.45) is 0 Å². The molecule has 1 fully saturated rings. The second-order valence-electron chi connectivity index (χ2n) is 8.60. The summed E-state index contributed by atoms with van der Waals surface area (Å²) in [5.74, 6) is 0.815. The predicted molar refractivity (Wildman–Crippen MR) is 132 cm³/mol. The third kappa shape index (κ3) is 5.31. The van der Waals surface area contributed by atoms with E-state index in [0.717, 1.165) is 48.4 Å². The molecule has 0 saturated carbocycles. The van der Waals surface area contributed by atoms with Gasteiger partial charge in [-0.2, -0.15) is 4.31 Å². The standard InChI is InChI=1S/C24H32N4O3S2/c1-3-4-15-28-21-10-9-19(33(30,31)27-13-5-6-14-27)17-20(21)26-23(28)11-12-24(29)25-18(2)22-8-7-16-32-22/h7-10,16-18H,3-6,11-15H2,1-2H3,(H,25,29)/t18-/m1/s1. The molecule has 1 amide bonds. The number of carbonyl (C=O) groups is 1. The molecule has 0 bridgehead atoms. The number of unbranched alkanes of at least 4 members (excludes halogenated alkanes) is 1. The van der Waals surface area contributed by atoms with Crippen LogP contribution < -0.4 is 5.32 Å². The number of rotatable bonds is 10. The van der Waals surface area contributed by atoms with Gasteiger partial charge in [-0.15, -0.1) is 11.3 Å². The molecule has 33 heavy (non-hydrogen) atoms. The molecule has 1 aliphatic heterocycles. The number of nitrogens with one attached hydrogen (secondary N) is 1. The highest BCUT2D eigenvalue weighted by molar-refractivity contribution is 7.89. The lowest BCUT2D eigenvalue weighted by Gasteiger charge is -2.15. The molecule has 0 radical (unpaired) electrons. The monoisotopic (exact) mass is 488 g/mol. The lowest BCUT2D eigenvalue weighted by atomic mass is 10.2. The van der Waals surface area contributed by atoms with Crippen LogP contribution in [0.3, 0.4) is 0 Å². The zero-order chi connectivity index (χ0) is 23.4. The van der Waals surface area contributed by atoms with Crippen LogP contribution in [-0.2, 0) is 27.8 Å². The van der Waals surface area contributed by atoms with Gasteiger partial charge in [-0.3, -0.25) is 4.79 Å². The third-order valence-electron chi connectivity index (χ3n) is 6.16. The van der Waals surface area contributed by atoms with E-state index in [2.05, 4.69) is 16.8 Å². The summed E-state index contributed by atoms with van der Waals surface area (Å²) in [7, 11) is -3.49. The van der Waals surface area contributed by atoms with Gasteiger partial charge in [0.2, 0.25) is 15.9 Å². The zero-order valence-corrected chi connectivity index (χ0v) is 20.9. The molecule has 0 aliphatic carbocycles. The maximum Gasteiger partial charge on any atom is 0.243 e. The minimum absolute atomic E-state index is 0.0118. The van der Waals surface area contributed by atoms with E-state index >= 15 is 0 Å². The normalized spacial score (nSPS) is 15.8. The van der Waals surface area contributed by atoms with Crippen LogP contribution in [0, 0.1) is 0 Å². The predicted octanol–water partition coefficient (Wildman–Crippen LogP) is 4.49. The van der Waals surface area contributed by atoms with Crippen LogP contribution in [0.4, 0.5) is 0 Å². The minimum Gasteiger partial charge on any atom is -0.349 e. The Morgan fingerprint density at radius 2 is 2.03 bits per heavy atom. The number of fused-ring (bicyclic) bond motifs is 1. The molecule has 3 aromatic rings. The van der Waals surface area contributed by atoms with E-state index < -0.39 is 10.0 Å². The SMILES string of the molecule is CCCCn1c(CCC(=O)N[C@H](C)c2cccs2)nc2cc(S(=O)(=O)N3CCCC3)ccc21. The topological polar surface area (TPSA) is 84.3 Å². The van der Waals surface area contributed by atoms with Gasteiger partial charge in [0.15, 0.2) is 0 Å². The van der Waals surface area contributed by atoms with E-state index in [1.807, 2.05) is 30.5 Å². The van der Waals surface area contributed by atoms with Gasteiger partial charge in [-0.1, -0.05) is 19.4 Å². The van der Waals surface area contributed by atoms with Crippen molar-refractivity contribution in [2.45, 2.75) is 69.9 Å². The van der Waals surface area contributed by atoms with Gasteiger partial charge in [0.25, 0.3) is 0 Å². The van der Waals surface area contributed by atoms with Gasteiger partial charge in [0.1, 0.15) is 5.82 Å². The molecule has 3 heterocycles. The lowest BCUT2D eigenvalue weighted by molar-refractivity contribution is -0.121. The van der Waals surface area contributed by atoms with Gasteiger partial charge >= 0.3 is 0 Å². The van der Waals surface area contributed by atoms with Gasteiger partial charge in [0.05, 0.1) is 22.0 Å². The van der Waals surface area contributed by atoms with Crippen molar-refractivity contribution >= 4 is 38.3 Å². The summed E-state index contributed by atoms with van der Waals surface area (Å²) in [4.78, 5) is 18.8. The molecule has 4 rings (SSSR count). The van der Waals surface area contributed by atoms with Crippen LogP contribution in [0.2, 0.25) is 0 Å². The van der Waals surface area contributed by atoms with Crippen molar-refractivity contribution < 1.29 is 13.2 Å². The van der Waals surface area contributed by atoms with Crippen molar-refractivity contribution in [3.8, 4) is 0 Å². The molecule has 1 N–H and O–H groups in total. The number of hydrogen-bond donors (Lipinski definition) is 1. The smallest absolute Gasteiger partial charge is 0.243 e. The first-order chi connectivity index (χ1) is 15.9. The van der Waals surface area contributed by atoms with Crippen LogP contribution in [0.25, 0.3) is 11.0 Å². The van der Waals surface area contributed by atoms with Crippen LogP contribution in [0.1, 0.15) is 62.7 Å². The van der Waals surface area contributed by atoms with E-state index in [1.54, 1.807) is 27.8 Å². The third-order valence-corrected chi connectivity index (χ3v) is 9.11. The molecule has 1 aliphatic rings. The Kier molecular flexibility index (Phi) is 7.51. The van der Waals surface area contributed by atoms with Crippen LogP contribution in [-0.4, -0.2) is 41.3 Å². The molecule has 0 spiro atoms. The second kappa shape index (κ2) is 10.4. The first-order valence-corrected chi connectivity index (χ1v) is 14.0. The van der Waals surface area contributed by atoms with Crippen LogP contribution in [0.15, 0.2) is 40.6 Å². The Hall–Kier alpha value is -2.23. The Morgan fingerprint density at radius 1 is 1.24 bits per heavy atom. The van der Waals surface area contributed by atoms with E-state index in [9.17, 15) is 13.2 Å². The van der Waals surface area contributed by atoms with E-state index in [-0.39, 0.29) is 11.9 Å². The molecule has 7 nitrogen and oxygen atoms in total. The fraction of sp³-hybridized carbons (Fsp3) is 0.500. The van der Waals surface area contributed by atoms with Crippen molar-refractivity contribution in [3.63, 3.8) is 0 Å². The molecule has 0 unspecified atom stereocenters. The Balaban J connectivity index is 1.54. The molecular weight excluding hydrogens is 456 g/mol. The number of carbonyl (C=O) groups excluding carboxylic acids is 1. The summed E-state index contributed by atoms with van der Waals surface area (Å²) in [6, 6.07) is 9.23. The van der Waals surface area contributed by atoms with Gasteiger partial charge in [-0.05, 0) is 55.8 Å². The number of aromatic nitrogens is 2. The van der Waals surface area contributed by atoms with E-state index in [4.69, 9.17) is 4.98 Å². The van der Waals surface area contributed by atoms with Crippen LogP contribution in [0.5, 0.6) is 0 Å². The first kappa shape index (κ1) is 23.9. The Labute approximate surface area is 199 Å². The number of imidazole rings is 1. The highest BCUT2D eigenvalue weighted by Crippen LogP contribution is 2.26. The van der Waals surface area contributed by atoms with Crippen molar-refractivity contribution in [1.82, 2.24) is 19.2 Å². The van der Waals surface area contributed by atoms with Crippen molar-refractivity contribution in [2.75, 3.05) is 13.1 Å². The first-order valence-electron chi connectivity index (χ1n) is 11.7. The molecule has 2 aromatic heterocycles. The second-order valence-corrected chi connectivity index (χ2v) is 11.5. The zero-order valence-electron chi connectivity index (χ0n) is 19.3. The van der Waals surface area contributed by atoms with E-state index in [1.165, 1.54) is 0 Å². The molecule has 178 valence electrons. The number of thiophene rings is 1. The highest BCUT2D eigenvalue weighted by atomic mass is 32.2. The summed E-state index contributed by atoms with van der Waals surface area (Å²) in [5, 5.41) is 5.07. The van der Waals surface area contributed by atoms with Crippen molar-refractivity contribution in [3.05, 3.63) is 46.4 Å². The summed E-state index contributed by atoms with van der Waals surface area (Å²) in [5.41, 5.74) is 1.60. The number of aryl methyl sites for hydroxylation is 2. The summed E-state index contributed by atoms with van der Waals surface area (Å²) >= 11 is 1.63. The maximum absolute atomic E-state index is 13.0. The average Bonchev–Trinajstić information content (AvgIpc) is 3.57. The van der Waals surface area contributed by atoms with E-state index in [0.29, 0.717) is 36.3 Å². The maximum atomic E-state index is 13.0. The Morgan fingerprint density at radius 3 is 2.73 bits per heavy atom. The van der Waals surface area contributed by atoms with Gasteiger partial charge in [-0.25, -0.2) is 13.4 Å². The fourth-order valence-electron chi connectivity index (χ4n) is 4.30. The average molecular weight is 489 g/mol. The number of amides is 1. The summed E-state index contributed by atoms with van der Waals surface area (Å²) < 4.78 is 29.7. The molecule has 9 heteroatoms. The minimum atomic E-state index is -3.49. The quantitative estimate of drug-likeness (QED) is 0.456. The number of sulfonamides is 1. The lowest BCUT2D eigenvalue weighted by Crippen LogP contribution is -2.27. The number of benzene rings is 1. The fourth-order valence-corrected chi connectivity index (χ4v) is 6.57. The summed E-state index contributed by atoms with van der Waals surface area (Å²) in [6.45, 7) is 6.08.